The molecule has 144 valence electrons. The van der Waals surface area contributed by atoms with Gasteiger partial charge in [0.2, 0.25) is 0 Å². The topological polar surface area (TPSA) is 94.3 Å². The van der Waals surface area contributed by atoms with Crippen molar-refractivity contribution >= 4 is 22.8 Å². The molecule has 0 amide bonds. The van der Waals surface area contributed by atoms with Crippen LogP contribution >= 0.6 is 0 Å². The number of phenolic OH excluding ortho intramolecular Hbond substituents is 1. The van der Waals surface area contributed by atoms with Crippen molar-refractivity contribution in [1.82, 2.24) is 15.0 Å². The summed E-state index contributed by atoms with van der Waals surface area (Å²) in [5.41, 5.74) is 2.63. The number of esters is 1. The minimum absolute atomic E-state index is 0.0843. The van der Waals surface area contributed by atoms with Crippen LogP contribution in [-0.2, 0) is 4.74 Å². The monoisotopic (exact) mass is 387 g/mol. The molecule has 1 aromatic heterocycles. The highest BCUT2D eigenvalue weighted by molar-refractivity contribution is 6.10. The number of carbonyl (C=O) groups excluding carboxylic acids is 2. The van der Waals surface area contributed by atoms with E-state index in [0.717, 1.165) is 0 Å². The Balaban J connectivity index is 1.72. The first kappa shape index (κ1) is 18.4. The number of hydrogen-bond donors (Lipinski definition) is 1. The van der Waals surface area contributed by atoms with Crippen LogP contribution in [0.1, 0.15) is 33.2 Å². The first-order valence-electron chi connectivity index (χ1n) is 9.04. The van der Waals surface area contributed by atoms with Gasteiger partial charge in [0.25, 0.3) is 0 Å². The smallest absolute Gasteiger partial charge is 0.338 e. The summed E-state index contributed by atoms with van der Waals surface area (Å²) in [4.78, 5) is 25.9. The zero-order valence-electron chi connectivity index (χ0n) is 15.6. The summed E-state index contributed by atoms with van der Waals surface area (Å²) >= 11 is 0. The van der Waals surface area contributed by atoms with E-state index in [1.165, 1.54) is 23.0 Å². The van der Waals surface area contributed by atoms with Gasteiger partial charge in [0.1, 0.15) is 22.5 Å². The number of phenols is 1. The summed E-state index contributed by atoms with van der Waals surface area (Å²) in [6, 6.07) is 18.3. The Labute approximate surface area is 166 Å². The Kier molecular flexibility index (Phi) is 4.78. The third-order valence-electron chi connectivity index (χ3n) is 4.38. The molecule has 1 heterocycles. The largest absolute Gasteiger partial charge is 0.506 e. The number of fused-ring (bicyclic) bond motifs is 1. The Bertz CT molecular complexity index is 1220. The number of rotatable bonds is 5. The van der Waals surface area contributed by atoms with Gasteiger partial charge in [-0.1, -0.05) is 30.3 Å². The number of ketones is 1. The van der Waals surface area contributed by atoms with Crippen molar-refractivity contribution in [3.05, 3.63) is 83.4 Å². The van der Waals surface area contributed by atoms with Crippen LogP contribution in [0.3, 0.4) is 0 Å². The van der Waals surface area contributed by atoms with E-state index in [4.69, 9.17) is 4.74 Å². The number of carbonyl (C=O) groups is 2. The fraction of sp³-hybridized carbons (Fsp3) is 0.0909. The first-order chi connectivity index (χ1) is 14.1. The van der Waals surface area contributed by atoms with Crippen molar-refractivity contribution in [1.29, 1.82) is 0 Å². The summed E-state index contributed by atoms with van der Waals surface area (Å²) in [6.07, 6.45) is 0. The molecule has 0 saturated carbocycles. The van der Waals surface area contributed by atoms with Gasteiger partial charge in [-0.3, -0.25) is 4.79 Å². The predicted octanol–water partition coefficient (Wildman–Crippen LogP) is 3.53. The normalized spacial score (nSPS) is 10.8. The van der Waals surface area contributed by atoms with Crippen LogP contribution < -0.4 is 0 Å². The van der Waals surface area contributed by atoms with Crippen molar-refractivity contribution in [2.24, 2.45) is 0 Å². The van der Waals surface area contributed by atoms with E-state index in [1.54, 1.807) is 49.4 Å². The minimum Gasteiger partial charge on any atom is -0.506 e. The molecule has 0 saturated heterocycles. The van der Waals surface area contributed by atoms with Gasteiger partial charge in [-0.2, -0.15) is 0 Å². The second-order valence-electron chi connectivity index (χ2n) is 6.31. The summed E-state index contributed by atoms with van der Waals surface area (Å²) in [7, 11) is 0. The standard InChI is InChI=1S/C22H17N3O4/c1-2-29-22(28)16-9-11-20(26)19(13-16)25-23-17-10-8-15(12-18(17)24-25)21(27)14-6-4-3-5-7-14/h3-13,26H,2H2,1H3. The molecule has 7 nitrogen and oxygen atoms in total. The molecule has 0 spiro atoms. The lowest BCUT2D eigenvalue weighted by Gasteiger charge is -2.06. The number of ether oxygens (including phenoxy) is 1. The fourth-order valence-electron chi connectivity index (χ4n) is 2.94. The molecule has 0 aliphatic carbocycles. The summed E-state index contributed by atoms with van der Waals surface area (Å²) < 4.78 is 4.99. The maximum atomic E-state index is 12.7. The molecule has 3 aromatic carbocycles. The lowest BCUT2D eigenvalue weighted by Crippen LogP contribution is -2.07. The van der Waals surface area contributed by atoms with E-state index in [-0.39, 0.29) is 29.4 Å². The number of nitrogens with zero attached hydrogens (tertiary/aromatic N) is 3. The van der Waals surface area contributed by atoms with E-state index in [0.29, 0.717) is 22.2 Å². The van der Waals surface area contributed by atoms with Crippen molar-refractivity contribution in [3.63, 3.8) is 0 Å². The summed E-state index contributed by atoms with van der Waals surface area (Å²) in [5.74, 6) is -0.700. The van der Waals surface area contributed by atoms with Crippen LogP contribution in [-0.4, -0.2) is 38.5 Å². The van der Waals surface area contributed by atoms with Gasteiger partial charge < -0.3 is 9.84 Å². The average Bonchev–Trinajstić information content (AvgIpc) is 3.17. The van der Waals surface area contributed by atoms with Crippen LogP contribution in [0.15, 0.2) is 66.7 Å². The highest BCUT2D eigenvalue weighted by Gasteiger charge is 2.15. The molecule has 1 N–H and O–H groups in total. The lowest BCUT2D eigenvalue weighted by atomic mass is 10.0. The zero-order chi connectivity index (χ0) is 20.4. The first-order valence-corrected chi connectivity index (χ1v) is 9.04. The molecule has 0 atom stereocenters. The third kappa shape index (κ3) is 3.58. The van der Waals surface area contributed by atoms with Crippen LogP contribution in [0.25, 0.3) is 16.7 Å². The van der Waals surface area contributed by atoms with Crippen molar-refractivity contribution in [2.75, 3.05) is 6.61 Å². The van der Waals surface area contributed by atoms with Gasteiger partial charge in [0.15, 0.2) is 5.78 Å². The SMILES string of the molecule is CCOC(=O)c1ccc(O)c(-n2nc3ccc(C(=O)c4ccccc4)cc3n2)c1. The van der Waals surface area contributed by atoms with Gasteiger partial charge in [-0.05, 0) is 43.3 Å². The predicted molar refractivity (Wildman–Crippen MR) is 106 cm³/mol. The molecule has 0 bridgehead atoms. The van der Waals surface area contributed by atoms with Crippen molar-refractivity contribution in [2.45, 2.75) is 6.92 Å². The molecular formula is C22H17N3O4. The van der Waals surface area contributed by atoms with Gasteiger partial charge in [-0.15, -0.1) is 15.0 Å². The second kappa shape index (κ2) is 7.55. The van der Waals surface area contributed by atoms with Crippen LogP contribution in [0.2, 0.25) is 0 Å². The zero-order valence-corrected chi connectivity index (χ0v) is 15.6. The van der Waals surface area contributed by atoms with Gasteiger partial charge >= 0.3 is 5.97 Å². The van der Waals surface area contributed by atoms with Gasteiger partial charge in [0.05, 0.1) is 12.2 Å². The van der Waals surface area contributed by atoms with E-state index < -0.39 is 5.97 Å². The second-order valence-corrected chi connectivity index (χ2v) is 6.31. The Morgan fingerprint density at radius 1 is 0.897 bits per heavy atom. The quantitative estimate of drug-likeness (QED) is 0.416. The van der Waals surface area contributed by atoms with Crippen molar-refractivity contribution in [3.8, 4) is 11.4 Å². The maximum Gasteiger partial charge on any atom is 0.338 e. The maximum absolute atomic E-state index is 12.7. The van der Waals surface area contributed by atoms with Crippen LogP contribution in [0.4, 0.5) is 0 Å². The minimum atomic E-state index is -0.499. The van der Waals surface area contributed by atoms with Crippen LogP contribution in [0, 0.1) is 0 Å². The molecule has 4 aromatic rings. The number of aromatic hydroxyl groups is 1. The fourth-order valence-corrected chi connectivity index (χ4v) is 2.94. The number of hydrogen-bond acceptors (Lipinski definition) is 6. The van der Waals surface area contributed by atoms with Crippen LogP contribution in [0.5, 0.6) is 5.75 Å². The Morgan fingerprint density at radius 2 is 1.62 bits per heavy atom. The highest BCUT2D eigenvalue weighted by atomic mass is 16.5. The Morgan fingerprint density at radius 3 is 2.38 bits per heavy atom. The summed E-state index contributed by atoms with van der Waals surface area (Å²) in [6.45, 7) is 1.96. The average molecular weight is 387 g/mol. The summed E-state index contributed by atoms with van der Waals surface area (Å²) in [5, 5.41) is 18.9. The van der Waals surface area contributed by atoms with E-state index in [2.05, 4.69) is 10.2 Å². The van der Waals surface area contributed by atoms with E-state index in [9.17, 15) is 14.7 Å². The molecule has 0 radical (unpaired) electrons. The number of aromatic nitrogens is 3. The van der Waals surface area contributed by atoms with E-state index >= 15 is 0 Å². The molecule has 4 rings (SSSR count). The van der Waals surface area contributed by atoms with E-state index in [1.807, 2.05) is 6.07 Å². The molecule has 0 aliphatic rings. The van der Waals surface area contributed by atoms with Gasteiger partial charge in [0, 0.05) is 11.1 Å². The molecular weight excluding hydrogens is 370 g/mol. The third-order valence-corrected chi connectivity index (χ3v) is 4.38. The highest BCUT2D eigenvalue weighted by Crippen LogP contribution is 2.24. The van der Waals surface area contributed by atoms with Crippen molar-refractivity contribution < 1.29 is 19.4 Å². The molecule has 0 fully saturated rings. The van der Waals surface area contributed by atoms with Gasteiger partial charge in [-0.25, -0.2) is 4.79 Å². The Hall–Kier alpha value is -4.00. The lowest BCUT2D eigenvalue weighted by molar-refractivity contribution is 0.0526. The number of benzene rings is 3. The molecule has 0 aliphatic heterocycles. The molecule has 7 heteroatoms. The molecule has 29 heavy (non-hydrogen) atoms. The molecule has 0 unspecified atom stereocenters.